The van der Waals surface area contributed by atoms with Crippen molar-refractivity contribution in [2.75, 3.05) is 6.61 Å². The molecule has 0 aliphatic heterocycles. The Morgan fingerprint density at radius 3 is 2.18 bits per heavy atom. The summed E-state index contributed by atoms with van der Waals surface area (Å²) in [7, 11) is 0. The molecule has 0 aliphatic rings. The number of hydrogen-bond donors (Lipinski definition) is 3. The van der Waals surface area contributed by atoms with Crippen molar-refractivity contribution < 1.29 is 23.1 Å². The van der Waals surface area contributed by atoms with Crippen LogP contribution in [-0.2, 0) is 17.6 Å². The van der Waals surface area contributed by atoms with Gasteiger partial charge in [0.2, 0.25) is 5.91 Å². The molecule has 170 valence electrons. The number of hydrazine groups is 1. The number of rotatable bonds is 7. The average Bonchev–Trinajstić information content (AvgIpc) is 2.81. The maximum atomic E-state index is 13.6. The van der Waals surface area contributed by atoms with E-state index in [1.807, 2.05) is 30.3 Å². The van der Waals surface area contributed by atoms with Gasteiger partial charge in [-0.25, -0.2) is 8.78 Å². The van der Waals surface area contributed by atoms with Crippen molar-refractivity contribution in [1.82, 2.24) is 16.2 Å². The summed E-state index contributed by atoms with van der Waals surface area (Å²) in [5.41, 5.74) is 5.65. The highest BCUT2D eigenvalue weighted by molar-refractivity contribution is 7.80. The van der Waals surface area contributed by atoms with Gasteiger partial charge in [-0.15, -0.1) is 0 Å². The second-order valence-electron chi connectivity index (χ2n) is 6.94. The number of ether oxygens (including phenoxy) is 1. The van der Waals surface area contributed by atoms with Crippen LogP contribution in [0.25, 0.3) is 0 Å². The van der Waals surface area contributed by atoms with Crippen LogP contribution < -0.4 is 20.9 Å². The maximum absolute atomic E-state index is 13.6. The molecule has 0 unspecified atom stereocenters. The van der Waals surface area contributed by atoms with E-state index in [1.54, 1.807) is 24.3 Å². The molecule has 3 aromatic rings. The Bertz CT molecular complexity index is 1110. The van der Waals surface area contributed by atoms with Crippen molar-refractivity contribution in [2.24, 2.45) is 0 Å². The first-order valence-corrected chi connectivity index (χ1v) is 10.4. The average molecular weight is 470 g/mol. The number of carbonyl (C=O) groups is 2. The number of nitrogens with one attached hydrogen (secondary N) is 3. The minimum Gasteiger partial charge on any atom is -0.493 e. The Morgan fingerprint density at radius 2 is 1.52 bits per heavy atom. The molecule has 0 atom stereocenters. The summed E-state index contributed by atoms with van der Waals surface area (Å²) in [6, 6.07) is 19.8. The Kier molecular flexibility index (Phi) is 8.43. The van der Waals surface area contributed by atoms with Crippen LogP contribution in [0.5, 0.6) is 5.75 Å². The topological polar surface area (TPSA) is 79.5 Å². The van der Waals surface area contributed by atoms with Crippen LogP contribution in [-0.4, -0.2) is 23.5 Å². The molecular weight excluding hydrogens is 448 g/mol. The van der Waals surface area contributed by atoms with Gasteiger partial charge in [0.1, 0.15) is 17.4 Å². The summed E-state index contributed by atoms with van der Waals surface area (Å²) < 4.78 is 32.9. The van der Waals surface area contributed by atoms with Crippen LogP contribution in [0.4, 0.5) is 8.78 Å². The van der Waals surface area contributed by atoms with E-state index >= 15 is 0 Å². The Hall–Kier alpha value is -3.85. The molecule has 3 aromatic carbocycles. The highest BCUT2D eigenvalue weighted by Crippen LogP contribution is 2.13. The molecule has 0 aromatic heterocycles. The molecular formula is C24H21F2N3O3S. The molecule has 0 heterocycles. The fourth-order valence-corrected chi connectivity index (χ4v) is 3.02. The molecule has 33 heavy (non-hydrogen) atoms. The third kappa shape index (κ3) is 7.36. The Labute approximate surface area is 194 Å². The summed E-state index contributed by atoms with van der Waals surface area (Å²) in [6.07, 6.45) is 0.228. The van der Waals surface area contributed by atoms with E-state index in [-0.39, 0.29) is 10.7 Å². The predicted octanol–water partition coefficient (Wildman–Crippen LogP) is 3.46. The number of hydrogen-bond acceptors (Lipinski definition) is 4. The Balaban J connectivity index is 1.41. The minimum atomic E-state index is -0.825. The number of benzene rings is 3. The first-order valence-electron chi connectivity index (χ1n) is 10.0. The minimum absolute atomic E-state index is 0.175. The number of carbonyl (C=O) groups excluding carboxylic acids is 2. The van der Waals surface area contributed by atoms with Gasteiger partial charge in [0, 0.05) is 17.5 Å². The van der Waals surface area contributed by atoms with E-state index in [4.69, 9.17) is 17.0 Å². The lowest BCUT2D eigenvalue weighted by molar-refractivity contribution is -0.121. The third-order valence-electron chi connectivity index (χ3n) is 4.56. The fraction of sp³-hybridized carbons (Fsp3) is 0.125. The van der Waals surface area contributed by atoms with Crippen LogP contribution >= 0.6 is 12.2 Å². The lowest BCUT2D eigenvalue weighted by Crippen LogP contribution is -2.49. The smallest absolute Gasteiger partial charge is 0.257 e. The zero-order valence-corrected chi connectivity index (χ0v) is 18.3. The van der Waals surface area contributed by atoms with Crippen molar-refractivity contribution in [3.63, 3.8) is 0 Å². The molecule has 0 aliphatic carbocycles. The van der Waals surface area contributed by atoms with Crippen molar-refractivity contribution >= 4 is 29.1 Å². The van der Waals surface area contributed by atoms with Gasteiger partial charge in [0.25, 0.3) is 5.91 Å². The van der Waals surface area contributed by atoms with E-state index in [9.17, 15) is 18.4 Å². The molecule has 6 nitrogen and oxygen atoms in total. The normalized spacial score (nSPS) is 10.2. The quantitative estimate of drug-likeness (QED) is 0.365. The van der Waals surface area contributed by atoms with Crippen molar-refractivity contribution in [3.8, 4) is 5.75 Å². The lowest BCUT2D eigenvalue weighted by Gasteiger charge is -2.12. The first kappa shape index (κ1) is 23.8. The monoisotopic (exact) mass is 469 g/mol. The molecule has 0 spiro atoms. The van der Waals surface area contributed by atoms with Gasteiger partial charge in [-0.05, 0) is 54.2 Å². The van der Waals surface area contributed by atoms with Gasteiger partial charge in [-0.3, -0.25) is 25.8 Å². The highest BCUT2D eigenvalue weighted by atomic mass is 32.1. The van der Waals surface area contributed by atoms with Gasteiger partial charge in [-0.2, -0.15) is 0 Å². The predicted molar refractivity (Wildman–Crippen MR) is 123 cm³/mol. The fourth-order valence-electron chi connectivity index (χ4n) is 2.87. The van der Waals surface area contributed by atoms with Crippen molar-refractivity contribution in [2.45, 2.75) is 12.8 Å². The third-order valence-corrected chi connectivity index (χ3v) is 4.76. The second-order valence-corrected chi connectivity index (χ2v) is 7.35. The summed E-state index contributed by atoms with van der Waals surface area (Å²) in [5.74, 6) is -2.26. The van der Waals surface area contributed by atoms with Crippen molar-refractivity contribution in [1.29, 1.82) is 0 Å². The molecule has 0 saturated heterocycles. The second kappa shape index (κ2) is 11.7. The molecule has 2 amide bonds. The summed E-state index contributed by atoms with van der Waals surface area (Å²) in [5, 5.41) is 2.22. The van der Waals surface area contributed by atoms with E-state index in [0.717, 1.165) is 18.6 Å². The molecule has 0 radical (unpaired) electrons. The molecule has 9 heteroatoms. The lowest BCUT2D eigenvalue weighted by atomic mass is 10.1. The summed E-state index contributed by atoms with van der Waals surface area (Å²) in [6.45, 7) is 0.500. The highest BCUT2D eigenvalue weighted by Gasteiger charge is 2.14. The molecule has 3 rings (SSSR count). The molecule has 0 fully saturated rings. The van der Waals surface area contributed by atoms with Crippen LogP contribution in [0.3, 0.4) is 0 Å². The van der Waals surface area contributed by atoms with Crippen LogP contribution in [0.1, 0.15) is 21.5 Å². The number of amides is 2. The van der Waals surface area contributed by atoms with Gasteiger partial charge >= 0.3 is 0 Å². The maximum Gasteiger partial charge on any atom is 0.257 e. The van der Waals surface area contributed by atoms with Crippen LogP contribution in [0.15, 0.2) is 72.8 Å². The van der Waals surface area contributed by atoms with E-state index in [2.05, 4.69) is 16.2 Å². The molecule has 0 saturated carbocycles. The number of halogens is 2. The van der Waals surface area contributed by atoms with Crippen LogP contribution in [0, 0.1) is 11.6 Å². The van der Waals surface area contributed by atoms with Crippen molar-refractivity contribution in [3.05, 3.63) is 101 Å². The van der Waals surface area contributed by atoms with Gasteiger partial charge in [0.05, 0.1) is 13.0 Å². The van der Waals surface area contributed by atoms with E-state index < -0.39 is 29.9 Å². The van der Waals surface area contributed by atoms with E-state index in [1.165, 1.54) is 11.6 Å². The zero-order valence-electron chi connectivity index (χ0n) is 17.4. The Morgan fingerprint density at radius 1 is 0.848 bits per heavy atom. The molecule has 3 N–H and O–H groups in total. The van der Waals surface area contributed by atoms with Gasteiger partial charge in [0.15, 0.2) is 5.11 Å². The summed E-state index contributed by atoms with van der Waals surface area (Å²) >= 11 is 4.96. The largest absolute Gasteiger partial charge is 0.493 e. The van der Waals surface area contributed by atoms with Gasteiger partial charge < -0.3 is 4.74 Å². The zero-order chi connectivity index (χ0) is 23.6. The van der Waals surface area contributed by atoms with Crippen LogP contribution in [0.2, 0.25) is 0 Å². The van der Waals surface area contributed by atoms with Gasteiger partial charge in [-0.1, -0.05) is 36.4 Å². The standard InChI is InChI=1S/C24H21F2N3O3S/c25-20-7-4-8-21(26)19(20)15-22(30)28-29-24(33)27-23(31)17-9-11-18(12-10-17)32-14-13-16-5-2-1-3-6-16/h1-12H,13-15H2,(H,28,30)(H2,27,29,31,33). The summed E-state index contributed by atoms with van der Waals surface area (Å²) in [4.78, 5) is 24.2. The SMILES string of the molecule is O=C(Cc1c(F)cccc1F)NNC(=S)NC(=O)c1ccc(OCCc2ccccc2)cc1. The number of thiocarbonyl (C=S) groups is 1. The van der Waals surface area contributed by atoms with E-state index in [0.29, 0.717) is 17.9 Å². The molecule has 0 bridgehead atoms. The first-order chi connectivity index (χ1) is 15.9.